The Morgan fingerprint density at radius 2 is 2.00 bits per heavy atom. The Kier molecular flexibility index (Phi) is 4.37. The molecule has 1 aromatic heterocycles. The number of aromatic nitrogens is 1. The topological polar surface area (TPSA) is 48.5 Å². The summed E-state index contributed by atoms with van der Waals surface area (Å²) in [4.78, 5) is 20.8. The number of amides is 1. The molecule has 0 radical (unpaired) electrons. The van der Waals surface area contributed by atoms with Crippen LogP contribution in [0, 0.1) is 0 Å². The molecule has 0 bridgehead atoms. The number of carbonyl (C=O) groups excluding carboxylic acids is 1. The van der Waals surface area contributed by atoms with Crippen molar-refractivity contribution in [2.24, 2.45) is 0 Å². The zero-order valence-corrected chi connectivity index (χ0v) is 11.9. The van der Waals surface area contributed by atoms with E-state index >= 15 is 0 Å². The van der Waals surface area contributed by atoms with E-state index in [1.165, 1.54) is 0 Å². The fraction of sp³-hybridized carbons (Fsp3) is 0.571. The van der Waals surface area contributed by atoms with Crippen molar-refractivity contribution in [3.8, 4) is 0 Å². The first kappa shape index (κ1) is 13.8. The number of hydrogen-bond donors (Lipinski definition) is 1. The molecule has 104 valence electrons. The molecule has 1 amide bonds. The van der Waals surface area contributed by atoms with E-state index in [-0.39, 0.29) is 5.91 Å². The molecule has 1 aliphatic heterocycles. The van der Waals surface area contributed by atoms with Crippen LogP contribution >= 0.6 is 0 Å². The van der Waals surface area contributed by atoms with Gasteiger partial charge in [-0.3, -0.25) is 14.7 Å². The van der Waals surface area contributed by atoms with Crippen molar-refractivity contribution in [1.29, 1.82) is 0 Å². The first-order valence-electron chi connectivity index (χ1n) is 6.78. The van der Waals surface area contributed by atoms with Gasteiger partial charge in [0.1, 0.15) is 0 Å². The molecule has 19 heavy (non-hydrogen) atoms. The normalized spacial score (nSPS) is 16.7. The first-order chi connectivity index (χ1) is 9.13. The van der Waals surface area contributed by atoms with Crippen LogP contribution in [0.25, 0.3) is 0 Å². The van der Waals surface area contributed by atoms with Crippen molar-refractivity contribution in [3.05, 3.63) is 24.0 Å². The standard InChI is InChI=1S/C14H22N4O/c1-11(2)17-6-8-18(9-7-17)14(19)12-10-16-5-4-13(12)15-3/h4-5,10-11H,6-9H2,1-3H3,(H,15,16). The highest BCUT2D eigenvalue weighted by Crippen LogP contribution is 2.17. The molecule has 0 aliphatic carbocycles. The predicted octanol–water partition coefficient (Wildman–Crippen LogP) is 1.29. The Bertz CT molecular complexity index is 439. The Labute approximate surface area is 114 Å². The van der Waals surface area contributed by atoms with Crippen LogP contribution in [0.2, 0.25) is 0 Å². The minimum Gasteiger partial charge on any atom is -0.387 e. The molecular weight excluding hydrogens is 240 g/mol. The maximum absolute atomic E-state index is 12.5. The molecule has 1 N–H and O–H groups in total. The number of rotatable bonds is 3. The van der Waals surface area contributed by atoms with Crippen molar-refractivity contribution < 1.29 is 4.79 Å². The van der Waals surface area contributed by atoms with Crippen LogP contribution in [0.1, 0.15) is 24.2 Å². The van der Waals surface area contributed by atoms with Gasteiger partial charge in [-0.2, -0.15) is 0 Å². The molecule has 0 saturated carbocycles. The zero-order chi connectivity index (χ0) is 13.8. The molecule has 0 aromatic carbocycles. The van der Waals surface area contributed by atoms with Crippen molar-refractivity contribution in [2.75, 3.05) is 38.5 Å². The Morgan fingerprint density at radius 3 is 2.58 bits per heavy atom. The van der Waals surface area contributed by atoms with Gasteiger partial charge in [-0.15, -0.1) is 0 Å². The Morgan fingerprint density at radius 1 is 1.32 bits per heavy atom. The van der Waals surface area contributed by atoms with Gasteiger partial charge in [0.2, 0.25) is 0 Å². The summed E-state index contributed by atoms with van der Waals surface area (Å²) in [5.74, 6) is 0.0702. The van der Waals surface area contributed by atoms with E-state index in [1.54, 1.807) is 12.4 Å². The van der Waals surface area contributed by atoms with Gasteiger partial charge in [-0.1, -0.05) is 0 Å². The highest BCUT2D eigenvalue weighted by molar-refractivity contribution is 5.99. The minimum atomic E-state index is 0.0702. The molecule has 0 spiro atoms. The number of piperazine rings is 1. The van der Waals surface area contributed by atoms with Gasteiger partial charge in [-0.05, 0) is 19.9 Å². The lowest BCUT2D eigenvalue weighted by atomic mass is 10.1. The summed E-state index contributed by atoms with van der Waals surface area (Å²) >= 11 is 0. The summed E-state index contributed by atoms with van der Waals surface area (Å²) in [6, 6.07) is 2.38. The highest BCUT2D eigenvalue weighted by Gasteiger charge is 2.24. The van der Waals surface area contributed by atoms with Crippen LogP contribution in [-0.2, 0) is 0 Å². The summed E-state index contributed by atoms with van der Waals surface area (Å²) in [5.41, 5.74) is 1.49. The van der Waals surface area contributed by atoms with Crippen molar-refractivity contribution in [3.63, 3.8) is 0 Å². The van der Waals surface area contributed by atoms with E-state index in [9.17, 15) is 4.79 Å². The summed E-state index contributed by atoms with van der Waals surface area (Å²) in [5, 5.41) is 3.04. The summed E-state index contributed by atoms with van der Waals surface area (Å²) in [6.45, 7) is 7.84. The molecule has 1 fully saturated rings. The van der Waals surface area contributed by atoms with E-state index in [0.29, 0.717) is 11.6 Å². The average Bonchev–Trinajstić information content (AvgIpc) is 2.46. The van der Waals surface area contributed by atoms with Gasteiger partial charge in [0.05, 0.1) is 5.56 Å². The molecular formula is C14H22N4O. The molecule has 1 aliphatic rings. The Balaban J connectivity index is 2.05. The Hall–Kier alpha value is -1.62. The summed E-state index contributed by atoms with van der Waals surface area (Å²) < 4.78 is 0. The smallest absolute Gasteiger partial charge is 0.257 e. The van der Waals surface area contributed by atoms with Crippen LogP contribution in [0.3, 0.4) is 0 Å². The molecule has 1 aromatic rings. The van der Waals surface area contributed by atoms with Crippen molar-refractivity contribution in [2.45, 2.75) is 19.9 Å². The van der Waals surface area contributed by atoms with Gasteiger partial charge < -0.3 is 10.2 Å². The van der Waals surface area contributed by atoms with Crippen molar-refractivity contribution >= 4 is 11.6 Å². The molecule has 5 nitrogen and oxygen atoms in total. The number of carbonyl (C=O) groups is 1. The molecule has 0 atom stereocenters. The lowest BCUT2D eigenvalue weighted by Gasteiger charge is -2.37. The van der Waals surface area contributed by atoms with Crippen LogP contribution in [0.4, 0.5) is 5.69 Å². The average molecular weight is 262 g/mol. The number of anilines is 1. The number of nitrogens with one attached hydrogen (secondary N) is 1. The molecule has 1 saturated heterocycles. The van der Waals surface area contributed by atoms with E-state index in [1.807, 2.05) is 18.0 Å². The maximum atomic E-state index is 12.5. The van der Waals surface area contributed by atoms with Gasteiger partial charge >= 0.3 is 0 Å². The second kappa shape index (κ2) is 6.02. The summed E-state index contributed by atoms with van der Waals surface area (Å²) in [6.07, 6.45) is 3.34. The van der Waals surface area contributed by atoms with Gasteiger partial charge in [0, 0.05) is 57.3 Å². The van der Waals surface area contributed by atoms with Crippen LogP contribution in [-0.4, -0.2) is 60.0 Å². The molecule has 0 unspecified atom stereocenters. The third-order valence-corrected chi connectivity index (χ3v) is 3.65. The van der Waals surface area contributed by atoms with Crippen molar-refractivity contribution in [1.82, 2.24) is 14.8 Å². The minimum absolute atomic E-state index is 0.0702. The fourth-order valence-corrected chi connectivity index (χ4v) is 2.39. The SMILES string of the molecule is CNc1ccncc1C(=O)N1CCN(C(C)C)CC1. The van der Waals surface area contributed by atoms with Crippen LogP contribution in [0.15, 0.2) is 18.5 Å². The molecule has 2 heterocycles. The largest absolute Gasteiger partial charge is 0.387 e. The third kappa shape index (κ3) is 3.04. The predicted molar refractivity (Wildman–Crippen MR) is 76.4 cm³/mol. The highest BCUT2D eigenvalue weighted by atomic mass is 16.2. The van der Waals surface area contributed by atoms with E-state index < -0.39 is 0 Å². The fourth-order valence-electron chi connectivity index (χ4n) is 2.39. The second-order valence-electron chi connectivity index (χ2n) is 5.09. The number of nitrogens with zero attached hydrogens (tertiary/aromatic N) is 3. The van der Waals surface area contributed by atoms with E-state index in [0.717, 1.165) is 31.9 Å². The molecule has 5 heteroatoms. The maximum Gasteiger partial charge on any atom is 0.257 e. The number of pyridine rings is 1. The zero-order valence-electron chi connectivity index (χ0n) is 11.9. The van der Waals surface area contributed by atoms with Gasteiger partial charge in [-0.25, -0.2) is 0 Å². The van der Waals surface area contributed by atoms with E-state index in [2.05, 4.69) is 29.0 Å². The lowest BCUT2D eigenvalue weighted by molar-refractivity contribution is 0.0596. The quantitative estimate of drug-likeness (QED) is 0.891. The molecule has 2 rings (SSSR count). The van der Waals surface area contributed by atoms with Crippen LogP contribution < -0.4 is 5.32 Å². The lowest BCUT2D eigenvalue weighted by Crippen LogP contribution is -2.50. The first-order valence-corrected chi connectivity index (χ1v) is 6.78. The van der Waals surface area contributed by atoms with Crippen LogP contribution in [0.5, 0.6) is 0 Å². The van der Waals surface area contributed by atoms with E-state index in [4.69, 9.17) is 0 Å². The second-order valence-corrected chi connectivity index (χ2v) is 5.09. The van der Waals surface area contributed by atoms with Gasteiger partial charge in [0.25, 0.3) is 5.91 Å². The monoisotopic (exact) mass is 262 g/mol. The number of hydrogen-bond acceptors (Lipinski definition) is 4. The van der Waals surface area contributed by atoms with Gasteiger partial charge in [0.15, 0.2) is 0 Å². The summed E-state index contributed by atoms with van der Waals surface area (Å²) in [7, 11) is 1.82. The third-order valence-electron chi connectivity index (χ3n) is 3.65.